The molecule has 0 saturated carbocycles. The molecular formula is C17H24N2O2. The second-order valence-electron chi connectivity index (χ2n) is 5.44. The van der Waals surface area contributed by atoms with Crippen LogP contribution in [-0.4, -0.2) is 37.3 Å². The first-order chi connectivity index (χ1) is 10.2. The molecule has 0 aliphatic carbocycles. The fourth-order valence-corrected chi connectivity index (χ4v) is 2.74. The molecule has 1 aliphatic rings. The fraction of sp³-hybridized carbons (Fsp3) is 0.471. The molecule has 1 fully saturated rings. The molecule has 2 rings (SSSR count). The molecule has 4 nitrogen and oxygen atoms in total. The van der Waals surface area contributed by atoms with Crippen LogP contribution in [0.5, 0.6) is 0 Å². The summed E-state index contributed by atoms with van der Waals surface area (Å²) >= 11 is 0. The largest absolute Gasteiger partial charge is 0.481 e. The van der Waals surface area contributed by atoms with Crippen molar-refractivity contribution in [3.8, 4) is 0 Å². The Labute approximate surface area is 126 Å². The van der Waals surface area contributed by atoms with Gasteiger partial charge in [0.15, 0.2) is 0 Å². The summed E-state index contributed by atoms with van der Waals surface area (Å²) in [6.45, 7) is 7.18. The molecular weight excluding hydrogens is 264 g/mol. The SMILES string of the molecule is C=CCN(CCC(=O)O)c1ccc(N2CCCCC2)cc1. The third-order valence-electron chi connectivity index (χ3n) is 3.88. The first-order valence-corrected chi connectivity index (χ1v) is 7.63. The molecule has 0 radical (unpaired) electrons. The molecule has 114 valence electrons. The minimum absolute atomic E-state index is 0.141. The van der Waals surface area contributed by atoms with Crippen molar-refractivity contribution in [3.05, 3.63) is 36.9 Å². The minimum Gasteiger partial charge on any atom is -0.481 e. The van der Waals surface area contributed by atoms with Crippen molar-refractivity contribution < 1.29 is 9.90 Å². The zero-order chi connectivity index (χ0) is 15.1. The van der Waals surface area contributed by atoms with E-state index in [0.29, 0.717) is 13.1 Å². The molecule has 21 heavy (non-hydrogen) atoms. The molecule has 1 saturated heterocycles. The van der Waals surface area contributed by atoms with Gasteiger partial charge in [-0.3, -0.25) is 4.79 Å². The van der Waals surface area contributed by atoms with Crippen LogP contribution in [0.3, 0.4) is 0 Å². The standard InChI is InChI=1S/C17H24N2O2/c1-2-11-18(14-10-17(20)21)15-6-8-16(9-7-15)19-12-4-3-5-13-19/h2,6-9H,1,3-5,10-14H2,(H,20,21). The van der Waals surface area contributed by atoms with Crippen molar-refractivity contribution >= 4 is 17.3 Å². The Kier molecular flexibility index (Phi) is 5.67. The van der Waals surface area contributed by atoms with E-state index in [1.54, 1.807) is 6.08 Å². The molecule has 4 heteroatoms. The van der Waals surface area contributed by atoms with Crippen molar-refractivity contribution in [2.24, 2.45) is 0 Å². The van der Waals surface area contributed by atoms with Crippen molar-refractivity contribution in [3.63, 3.8) is 0 Å². The lowest BCUT2D eigenvalue weighted by Crippen LogP contribution is -2.29. The van der Waals surface area contributed by atoms with Gasteiger partial charge < -0.3 is 14.9 Å². The van der Waals surface area contributed by atoms with Crippen LogP contribution in [0.1, 0.15) is 25.7 Å². The molecule has 0 bridgehead atoms. The lowest BCUT2D eigenvalue weighted by atomic mass is 10.1. The van der Waals surface area contributed by atoms with Gasteiger partial charge in [-0.2, -0.15) is 0 Å². The molecule has 1 aromatic carbocycles. The number of carboxylic acids is 1. The van der Waals surface area contributed by atoms with Crippen LogP contribution >= 0.6 is 0 Å². The predicted octanol–water partition coefficient (Wildman–Crippen LogP) is 3.14. The highest BCUT2D eigenvalue weighted by Crippen LogP contribution is 2.23. The van der Waals surface area contributed by atoms with Crippen LogP contribution in [0.4, 0.5) is 11.4 Å². The van der Waals surface area contributed by atoms with Gasteiger partial charge in [-0.25, -0.2) is 0 Å². The normalized spacial score (nSPS) is 14.8. The van der Waals surface area contributed by atoms with E-state index in [0.717, 1.165) is 18.8 Å². The highest BCUT2D eigenvalue weighted by atomic mass is 16.4. The zero-order valence-corrected chi connectivity index (χ0v) is 12.5. The Morgan fingerprint density at radius 1 is 1.24 bits per heavy atom. The summed E-state index contributed by atoms with van der Waals surface area (Å²) in [5.74, 6) is -0.769. The van der Waals surface area contributed by atoms with E-state index < -0.39 is 5.97 Å². The van der Waals surface area contributed by atoms with Gasteiger partial charge in [0.05, 0.1) is 6.42 Å². The van der Waals surface area contributed by atoms with Gasteiger partial charge in [0.1, 0.15) is 0 Å². The van der Waals surface area contributed by atoms with E-state index in [4.69, 9.17) is 5.11 Å². The van der Waals surface area contributed by atoms with Crippen LogP contribution in [-0.2, 0) is 4.79 Å². The molecule has 1 N–H and O–H groups in total. The van der Waals surface area contributed by atoms with E-state index >= 15 is 0 Å². The first-order valence-electron chi connectivity index (χ1n) is 7.63. The van der Waals surface area contributed by atoms with Crippen LogP contribution < -0.4 is 9.80 Å². The number of carboxylic acid groups (broad SMARTS) is 1. The Morgan fingerprint density at radius 3 is 2.48 bits per heavy atom. The maximum Gasteiger partial charge on any atom is 0.305 e. The van der Waals surface area contributed by atoms with E-state index in [2.05, 4.69) is 35.7 Å². The number of rotatable bonds is 7. The van der Waals surface area contributed by atoms with Crippen molar-refractivity contribution in [2.45, 2.75) is 25.7 Å². The van der Waals surface area contributed by atoms with E-state index in [-0.39, 0.29) is 6.42 Å². The maximum atomic E-state index is 10.7. The van der Waals surface area contributed by atoms with Crippen LogP contribution in [0.2, 0.25) is 0 Å². The maximum absolute atomic E-state index is 10.7. The molecule has 0 spiro atoms. The summed E-state index contributed by atoms with van der Waals surface area (Å²) in [5, 5.41) is 8.83. The number of anilines is 2. The lowest BCUT2D eigenvalue weighted by Gasteiger charge is -2.29. The van der Waals surface area contributed by atoms with Gasteiger partial charge in [0, 0.05) is 37.6 Å². The summed E-state index contributed by atoms with van der Waals surface area (Å²) in [6, 6.07) is 8.43. The average Bonchev–Trinajstić information content (AvgIpc) is 2.52. The van der Waals surface area contributed by atoms with Crippen LogP contribution in [0.25, 0.3) is 0 Å². The fourth-order valence-electron chi connectivity index (χ4n) is 2.74. The Bertz CT molecular complexity index is 464. The van der Waals surface area contributed by atoms with Gasteiger partial charge in [-0.1, -0.05) is 6.08 Å². The Morgan fingerprint density at radius 2 is 1.90 bits per heavy atom. The number of hydrogen-bond donors (Lipinski definition) is 1. The molecule has 0 aromatic heterocycles. The summed E-state index contributed by atoms with van der Waals surface area (Å²) in [7, 11) is 0. The molecule has 1 heterocycles. The third kappa shape index (κ3) is 4.52. The van der Waals surface area contributed by atoms with Gasteiger partial charge in [0.2, 0.25) is 0 Å². The summed E-state index contributed by atoms with van der Waals surface area (Å²) in [5.41, 5.74) is 2.31. The first kappa shape index (κ1) is 15.4. The van der Waals surface area contributed by atoms with Crippen molar-refractivity contribution in [2.75, 3.05) is 36.0 Å². The second-order valence-corrected chi connectivity index (χ2v) is 5.44. The van der Waals surface area contributed by atoms with E-state index in [9.17, 15) is 4.79 Å². The van der Waals surface area contributed by atoms with Gasteiger partial charge >= 0.3 is 5.97 Å². The number of aliphatic carboxylic acids is 1. The quantitative estimate of drug-likeness (QED) is 0.783. The summed E-state index contributed by atoms with van der Waals surface area (Å²) in [6.07, 6.45) is 5.81. The van der Waals surface area contributed by atoms with Gasteiger partial charge in [-0.15, -0.1) is 6.58 Å². The molecule has 0 atom stereocenters. The monoisotopic (exact) mass is 288 g/mol. The molecule has 0 amide bonds. The predicted molar refractivity (Wildman–Crippen MR) is 87.2 cm³/mol. The topological polar surface area (TPSA) is 43.8 Å². The highest BCUT2D eigenvalue weighted by molar-refractivity contribution is 5.68. The third-order valence-corrected chi connectivity index (χ3v) is 3.88. The lowest BCUT2D eigenvalue weighted by molar-refractivity contribution is -0.136. The number of hydrogen-bond acceptors (Lipinski definition) is 3. The van der Waals surface area contributed by atoms with Gasteiger partial charge in [-0.05, 0) is 43.5 Å². The Hall–Kier alpha value is -1.97. The minimum atomic E-state index is -0.769. The number of benzene rings is 1. The molecule has 1 aromatic rings. The smallest absolute Gasteiger partial charge is 0.305 e. The van der Waals surface area contributed by atoms with Crippen LogP contribution in [0, 0.1) is 0 Å². The summed E-state index contributed by atoms with van der Waals surface area (Å²) < 4.78 is 0. The zero-order valence-electron chi connectivity index (χ0n) is 12.5. The number of nitrogens with zero attached hydrogens (tertiary/aromatic N) is 2. The molecule has 0 unspecified atom stereocenters. The Balaban J connectivity index is 2.03. The van der Waals surface area contributed by atoms with Crippen LogP contribution in [0.15, 0.2) is 36.9 Å². The second kappa shape index (κ2) is 7.72. The number of carbonyl (C=O) groups is 1. The van der Waals surface area contributed by atoms with E-state index in [1.807, 2.05) is 4.90 Å². The highest BCUT2D eigenvalue weighted by Gasteiger charge is 2.12. The van der Waals surface area contributed by atoms with Crippen molar-refractivity contribution in [1.29, 1.82) is 0 Å². The molecule has 1 aliphatic heterocycles. The summed E-state index contributed by atoms with van der Waals surface area (Å²) in [4.78, 5) is 15.2. The van der Waals surface area contributed by atoms with Gasteiger partial charge in [0.25, 0.3) is 0 Å². The number of piperidine rings is 1. The van der Waals surface area contributed by atoms with Crippen molar-refractivity contribution in [1.82, 2.24) is 0 Å². The van der Waals surface area contributed by atoms with E-state index in [1.165, 1.54) is 24.9 Å². The average molecular weight is 288 g/mol.